The third kappa shape index (κ3) is 4.62. The fraction of sp³-hybridized carbons (Fsp3) is 0.316. The molecule has 0 unspecified atom stereocenters. The third-order valence-electron chi connectivity index (χ3n) is 3.99. The van der Waals surface area contributed by atoms with E-state index in [4.69, 9.17) is 4.74 Å². The van der Waals surface area contributed by atoms with Crippen LogP contribution in [0.1, 0.15) is 18.1 Å². The molecule has 0 saturated carbocycles. The van der Waals surface area contributed by atoms with Gasteiger partial charge >= 0.3 is 0 Å². The second-order valence-electron chi connectivity index (χ2n) is 5.98. The number of aryl methyl sites for hydroxylation is 2. The van der Waals surface area contributed by atoms with E-state index in [0.717, 1.165) is 5.56 Å². The fourth-order valence-corrected chi connectivity index (χ4v) is 4.24. The van der Waals surface area contributed by atoms with Crippen molar-refractivity contribution in [2.45, 2.75) is 25.7 Å². The van der Waals surface area contributed by atoms with Gasteiger partial charge in [0.25, 0.3) is 0 Å². The number of hydrogen-bond acceptors (Lipinski definition) is 4. The number of carbonyl (C=O) groups is 1. The van der Waals surface area contributed by atoms with Gasteiger partial charge < -0.3 is 10.1 Å². The smallest absolute Gasteiger partial charge is 0.243 e. The number of carbonyl (C=O) groups excluding carboxylic acids is 1. The molecule has 0 spiro atoms. The van der Waals surface area contributed by atoms with Crippen molar-refractivity contribution >= 4 is 21.6 Å². The molecule has 0 fully saturated rings. The van der Waals surface area contributed by atoms with Gasteiger partial charge in [-0.3, -0.25) is 4.79 Å². The maximum atomic E-state index is 12.9. The average molecular weight is 376 g/mol. The minimum atomic E-state index is -3.74. The Morgan fingerprint density at radius 2 is 1.77 bits per heavy atom. The molecule has 2 aromatic carbocycles. The largest absolute Gasteiger partial charge is 0.497 e. The van der Waals surface area contributed by atoms with Crippen LogP contribution in [-0.2, 0) is 14.8 Å². The summed E-state index contributed by atoms with van der Waals surface area (Å²) in [7, 11) is -2.18. The minimum Gasteiger partial charge on any atom is -0.497 e. The zero-order valence-electron chi connectivity index (χ0n) is 15.4. The lowest BCUT2D eigenvalue weighted by atomic mass is 10.2. The number of amides is 1. The fourth-order valence-electron chi connectivity index (χ4n) is 2.63. The summed E-state index contributed by atoms with van der Waals surface area (Å²) in [6, 6.07) is 12.0. The quantitative estimate of drug-likeness (QED) is 0.806. The lowest BCUT2D eigenvalue weighted by Gasteiger charge is -2.21. The molecule has 1 amide bonds. The van der Waals surface area contributed by atoms with Gasteiger partial charge in [0.15, 0.2) is 0 Å². The number of hydrogen-bond donors (Lipinski definition) is 1. The van der Waals surface area contributed by atoms with E-state index in [2.05, 4.69) is 5.32 Å². The summed E-state index contributed by atoms with van der Waals surface area (Å²) in [6.07, 6.45) is 0. The number of sulfonamides is 1. The standard InChI is InChI=1S/C19H24N2O4S/c1-5-21(26(23,24)18-11-6-14(2)12-15(18)3)13-19(22)20-16-7-9-17(25-4)10-8-16/h6-12H,5,13H2,1-4H3,(H,20,22). The van der Waals surface area contributed by atoms with Crippen molar-refractivity contribution in [2.75, 3.05) is 25.5 Å². The summed E-state index contributed by atoms with van der Waals surface area (Å²) in [5, 5.41) is 2.70. The van der Waals surface area contributed by atoms with Gasteiger partial charge in [0.1, 0.15) is 5.75 Å². The van der Waals surface area contributed by atoms with Crippen LogP contribution < -0.4 is 10.1 Å². The van der Waals surface area contributed by atoms with Gasteiger partial charge in [-0.2, -0.15) is 4.31 Å². The van der Waals surface area contributed by atoms with Crippen molar-refractivity contribution < 1.29 is 17.9 Å². The molecule has 0 saturated heterocycles. The molecule has 0 bridgehead atoms. The van der Waals surface area contributed by atoms with E-state index in [1.54, 1.807) is 57.4 Å². The van der Waals surface area contributed by atoms with Crippen LogP contribution in [0.4, 0.5) is 5.69 Å². The normalized spacial score (nSPS) is 11.4. The molecule has 0 aliphatic heterocycles. The first-order valence-corrected chi connectivity index (χ1v) is 9.73. The van der Waals surface area contributed by atoms with E-state index >= 15 is 0 Å². The van der Waals surface area contributed by atoms with E-state index in [1.165, 1.54) is 4.31 Å². The molecule has 0 atom stereocenters. The van der Waals surface area contributed by atoms with Crippen LogP contribution in [0, 0.1) is 13.8 Å². The molecule has 2 aromatic rings. The molecule has 0 radical (unpaired) electrons. The van der Waals surface area contributed by atoms with E-state index in [-0.39, 0.29) is 18.0 Å². The topological polar surface area (TPSA) is 75.7 Å². The highest BCUT2D eigenvalue weighted by Crippen LogP contribution is 2.21. The monoisotopic (exact) mass is 376 g/mol. The number of rotatable bonds is 7. The van der Waals surface area contributed by atoms with Crippen LogP contribution in [0.15, 0.2) is 47.4 Å². The molecular formula is C19H24N2O4S. The second-order valence-corrected chi connectivity index (χ2v) is 7.88. The molecule has 1 N–H and O–H groups in total. The minimum absolute atomic E-state index is 0.200. The van der Waals surface area contributed by atoms with Crippen molar-refractivity contribution in [2.24, 2.45) is 0 Å². The van der Waals surface area contributed by atoms with Gasteiger partial charge in [-0.15, -0.1) is 0 Å². The van der Waals surface area contributed by atoms with E-state index < -0.39 is 15.9 Å². The summed E-state index contributed by atoms with van der Waals surface area (Å²) in [5.41, 5.74) is 2.23. The second kappa shape index (κ2) is 8.33. The van der Waals surface area contributed by atoms with Gasteiger partial charge in [-0.25, -0.2) is 8.42 Å². The third-order valence-corrected chi connectivity index (χ3v) is 6.08. The molecule has 0 aliphatic rings. The van der Waals surface area contributed by atoms with Gasteiger partial charge in [-0.1, -0.05) is 24.6 Å². The Kier molecular flexibility index (Phi) is 6.39. The van der Waals surface area contributed by atoms with Crippen LogP contribution >= 0.6 is 0 Å². The van der Waals surface area contributed by atoms with Crippen LogP contribution in [0.3, 0.4) is 0 Å². The number of nitrogens with zero attached hydrogens (tertiary/aromatic N) is 1. The van der Waals surface area contributed by atoms with Gasteiger partial charge in [0, 0.05) is 12.2 Å². The predicted molar refractivity (Wildman–Crippen MR) is 102 cm³/mol. The molecular weight excluding hydrogens is 352 g/mol. The number of anilines is 1. The highest BCUT2D eigenvalue weighted by Gasteiger charge is 2.26. The molecule has 0 aromatic heterocycles. The highest BCUT2D eigenvalue weighted by molar-refractivity contribution is 7.89. The lowest BCUT2D eigenvalue weighted by molar-refractivity contribution is -0.116. The Labute approximate surface area is 154 Å². The summed E-state index contributed by atoms with van der Waals surface area (Å²) in [4.78, 5) is 12.5. The van der Waals surface area contributed by atoms with Crippen molar-refractivity contribution in [1.29, 1.82) is 0 Å². The number of ether oxygens (including phenoxy) is 1. The van der Waals surface area contributed by atoms with E-state index in [0.29, 0.717) is 17.0 Å². The Morgan fingerprint density at radius 1 is 1.12 bits per heavy atom. The zero-order chi connectivity index (χ0) is 19.3. The van der Waals surface area contributed by atoms with E-state index in [1.807, 2.05) is 13.0 Å². The number of nitrogens with one attached hydrogen (secondary N) is 1. The van der Waals surface area contributed by atoms with Crippen LogP contribution in [-0.4, -0.2) is 38.8 Å². The molecule has 26 heavy (non-hydrogen) atoms. The maximum Gasteiger partial charge on any atom is 0.243 e. The molecule has 0 heterocycles. The number of methoxy groups -OCH3 is 1. The Bertz CT molecular complexity index is 877. The lowest BCUT2D eigenvalue weighted by Crippen LogP contribution is -2.38. The van der Waals surface area contributed by atoms with Gasteiger partial charge in [0.05, 0.1) is 18.6 Å². The molecule has 2 rings (SSSR count). The summed E-state index contributed by atoms with van der Waals surface area (Å²) >= 11 is 0. The van der Waals surface area contributed by atoms with Crippen molar-refractivity contribution in [3.63, 3.8) is 0 Å². The zero-order valence-corrected chi connectivity index (χ0v) is 16.3. The maximum absolute atomic E-state index is 12.9. The van der Waals surface area contributed by atoms with Crippen LogP contribution in [0.5, 0.6) is 5.75 Å². The Morgan fingerprint density at radius 3 is 2.31 bits per heavy atom. The van der Waals surface area contributed by atoms with Crippen LogP contribution in [0.25, 0.3) is 0 Å². The first-order valence-electron chi connectivity index (χ1n) is 8.29. The molecule has 140 valence electrons. The summed E-state index contributed by atoms with van der Waals surface area (Å²) < 4.78 is 32.0. The Hall–Kier alpha value is -2.38. The van der Waals surface area contributed by atoms with E-state index in [9.17, 15) is 13.2 Å². The molecule has 6 nitrogen and oxygen atoms in total. The summed E-state index contributed by atoms with van der Waals surface area (Å²) in [6.45, 7) is 5.32. The van der Waals surface area contributed by atoms with Crippen LogP contribution in [0.2, 0.25) is 0 Å². The van der Waals surface area contributed by atoms with Gasteiger partial charge in [-0.05, 0) is 49.7 Å². The predicted octanol–water partition coefficient (Wildman–Crippen LogP) is 2.96. The molecule has 0 aliphatic carbocycles. The van der Waals surface area contributed by atoms with Gasteiger partial charge in [0.2, 0.25) is 15.9 Å². The molecule has 7 heteroatoms. The highest BCUT2D eigenvalue weighted by atomic mass is 32.2. The first-order chi connectivity index (χ1) is 12.3. The summed E-state index contributed by atoms with van der Waals surface area (Å²) in [5.74, 6) is 0.279. The first kappa shape index (κ1) is 19.9. The Balaban J connectivity index is 2.15. The average Bonchev–Trinajstić information content (AvgIpc) is 2.59. The van der Waals surface area contributed by atoms with Crippen molar-refractivity contribution in [3.8, 4) is 5.75 Å². The number of likely N-dealkylation sites (N-methyl/N-ethyl adjacent to an activating group) is 1. The van der Waals surface area contributed by atoms with Crippen molar-refractivity contribution in [1.82, 2.24) is 4.31 Å². The number of benzene rings is 2. The SMILES string of the molecule is CCN(CC(=O)Nc1ccc(OC)cc1)S(=O)(=O)c1ccc(C)cc1C. The van der Waals surface area contributed by atoms with Crippen molar-refractivity contribution in [3.05, 3.63) is 53.6 Å².